The monoisotopic (exact) mass is 482 g/mol. The van der Waals surface area contributed by atoms with Gasteiger partial charge in [-0.25, -0.2) is 13.1 Å². The summed E-state index contributed by atoms with van der Waals surface area (Å²) in [7, 11) is -3.56. The molecule has 1 amide bonds. The Morgan fingerprint density at radius 3 is 2.34 bits per heavy atom. The molecule has 0 aliphatic rings. The number of benzene rings is 2. The second-order valence-corrected chi connectivity index (χ2v) is 9.99. The molecule has 0 fully saturated rings. The molecule has 2 aromatic carbocycles. The lowest BCUT2D eigenvalue weighted by Crippen LogP contribution is -2.31. The van der Waals surface area contributed by atoms with E-state index in [0.29, 0.717) is 17.9 Å². The van der Waals surface area contributed by atoms with E-state index < -0.39 is 10.0 Å². The molecule has 0 spiro atoms. The summed E-state index contributed by atoms with van der Waals surface area (Å²) in [6, 6.07) is 12.2. The third-order valence-corrected chi connectivity index (χ3v) is 6.19. The lowest BCUT2D eigenvalue weighted by molar-refractivity contribution is -0.123. The highest BCUT2D eigenvalue weighted by atomic mass is 79.9. The Bertz CT molecular complexity index is 944. The Morgan fingerprint density at radius 2 is 1.76 bits per heavy atom. The Morgan fingerprint density at radius 1 is 1.10 bits per heavy atom. The minimum Gasteiger partial charge on any atom is -0.484 e. The number of hydrogen-bond donors (Lipinski definition) is 2. The third kappa shape index (κ3) is 7.13. The molecule has 2 aromatic rings. The summed E-state index contributed by atoms with van der Waals surface area (Å²) >= 11 is 3.39. The molecule has 0 aliphatic heterocycles. The molecule has 29 heavy (non-hydrogen) atoms. The SMILES string of the molecule is Cc1cc(S(=O)(=O)NCC(C)C)ccc1OCC(=O)NC(C)c1ccc(Br)cc1. The fraction of sp³-hybridized carbons (Fsp3) is 0.381. The number of carbonyl (C=O) groups is 1. The summed E-state index contributed by atoms with van der Waals surface area (Å²) in [4.78, 5) is 12.4. The van der Waals surface area contributed by atoms with Crippen LogP contribution in [-0.4, -0.2) is 27.5 Å². The van der Waals surface area contributed by atoms with Crippen LogP contribution >= 0.6 is 15.9 Å². The van der Waals surface area contributed by atoms with Crippen LogP contribution in [0.1, 0.15) is 37.9 Å². The quantitative estimate of drug-likeness (QED) is 0.566. The maximum atomic E-state index is 12.3. The zero-order valence-corrected chi connectivity index (χ0v) is 19.4. The van der Waals surface area contributed by atoms with Gasteiger partial charge < -0.3 is 10.1 Å². The first-order chi connectivity index (χ1) is 13.6. The summed E-state index contributed by atoms with van der Waals surface area (Å²) in [5, 5.41) is 2.88. The van der Waals surface area contributed by atoms with Gasteiger partial charge in [-0.15, -0.1) is 0 Å². The van der Waals surface area contributed by atoms with Crippen molar-refractivity contribution in [3.8, 4) is 5.75 Å². The number of nitrogens with one attached hydrogen (secondary N) is 2. The first kappa shape index (κ1) is 23.4. The molecule has 0 aromatic heterocycles. The summed E-state index contributed by atoms with van der Waals surface area (Å²) in [6.07, 6.45) is 0. The highest BCUT2D eigenvalue weighted by molar-refractivity contribution is 9.10. The highest BCUT2D eigenvalue weighted by Gasteiger charge is 2.16. The van der Waals surface area contributed by atoms with Gasteiger partial charge in [-0.05, 0) is 61.2 Å². The van der Waals surface area contributed by atoms with E-state index in [1.807, 2.05) is 45.0 Å². The minimum atomic E-state index is -3.56. The highest BCUT2D eigenvalue weighted by Crippen LogP contribution is 2.22. The van der Waals surface area contributed by atoms with Crippen LogP contribution in [0.4, 0.5) is 0 Å². The maximum absolute atomic E-state index is 12.3. The van der Waals surface area contributed by atoms with Gasteiger partial charge in [0.25, 0.3) is 5.91 Å². The topological polar surface area (TPSA) is 84.5 Å². The molecular weight excluding hydrogens is 456 g/mol. The van der Waals surface area contributed by atoms with E-state index in [0.717, 1.165) is 10.0 Å². The zero-order chi connectivity index (χ0) is 21.6. The standard InChI is InChI=1S/C21H27BrN2O4S/c1-14(2)12-23-29(26,27)19-9-10-20(15(3)11-19)28-13-21(25)24-16(4)17-5-7-18(22)8-6-17/h5-11,14,16,23H,12-13H2,1-4H3,(H,24,25). The van der Waals surface area contributed by atoms with E-state index in [1.54, 1.807) is 19.1 Å². The molecular formula is C21H27BrN2O4S. The van der Waals surface area contributed by atoms with Crippen molar-refractivity contribution in [3.05, 3.63) is 58.1 Å². The predicted octanol–water partition coefficient (Wildman–Crippen LogP) is 3.95. The number of rotatable bonds is 9. The Balaban J connectivity index is 1.95. The molecule has 0 radical (unpaired) electrons. The van der Waals surface area contributed by atoms with Gasteiger partial charge in [-0.2, -0.15) is 0 Å². The Hall–Kier alpha value is -1.90. The summed E-state index contributed by atoms with van der Waals surface area (Å²) in [6.45, 7) is 7.74. The van der Waals surface area contributed by atoms with Gasteiger partial charge in [-0.3, -0.25) is 4.79 Å². The Kier molecular flexibility index (Phi) is 8.24. The summed E-state index contributed by atoms with van der Waals surface area (Å²) in [5.41, 5.74) is 1.63. The maximum Gasteiger partial charge on any atom is 0.258 e. The number of sulfonamides is 1. The molecule has 6 nitrogen and oxygen atoms in total. The Labute approximate surface area is 181 Å². The van der Waals surface area contributed by atoms with E-state index in [4.69, 9.17) is 4.74 Å². The van der Waals surface area contributed by atoms with Gasteiger partial charge >= 0.3 is 0 Å². The number of carbonyl (C=O) groups excluding carboxylic acids is 1. The molecule has 0 saturated carbocycles. The van der Waals surface area contributed by atoms with Crippen LogP contribution < -0.4 is 14.8 Å². The van der Waals surface area contributed by atoms with Gasteiger partial charge in [0.15, 0.2) is 6.61 Å². The van der Waals surface area contributed by atoms with E-state index in [9.17, 15) is 13.2 Å². The predicted molar refractivity (Wildman–Crippen MR) is 117 cm³/mol. The van der Waals surface area contributed by atoms with Crippen molar-refractivity contribution < 1.29 is 17.9 Å². The number of halogens is 1. The van der Waals surface area contributed by atoms with Crippen LogP contribution in [0.15, 0.2) is 51.8 Å². The number of aryl methyl sites for hydroxylation is 1. The van der Waals surface area contributed by atoms with E-state index >= 15 is 0 Å². The van der Waals surface area contributed by atoms with Crippen molar-refractivity contribution >= 4 is 31.9 Å². The smallest absolute Gasteiger partial charge is 0.258 e. The molecule has 2 rings (SSSR count). The first-order valence-electron chi connectivity index (χ1n) is 9.36. The lowest BCUT2D eigenvalue weighted by atomic mass is 10.1. The second-order valence-electron chi connectivity index (χ2n) is 7.30. The normalized spacial score (nSPS) is 12.6. The van der Waals surface area contributed by atoms with Crippen molar-refractivity contribution in [2.75, 3.05) is 13.2 Å². The van der Waals surface area contributed by atoms with Crippen molar-refractivity contribution in [3.63, 3.8) is 0 Å². The van der Waals surface area contributed by atoms with Crippen LogP contribution in [0.2, 0.25) is 0 Å². The lowest BCUT2D eigenvalue weighted by Gasteiger charge is -2.16. The number of amides is 1. The fourth-order valence-electron chi connectivity index (χ4n) is 2.57. The van der Waals surface area contributed by atoms with Crippen molar-refractivity contribution in [2.45, 2.75) is 38.6 Å². The molecule has 0 saturated heterocycles. The van der Waals surface area contributed by atoms with E-state index in [2.05, 4.69) is 26.0 Å². The summed E-state index contributed by atoms with van der Waals surface area (Å²) < 4.78 is 33.8. The van der Waals surface area contributed by atoms with E-state index in [1.165, 1.54) is 6.07 Å². The van der Waals surface area contributed by atoms with E-state index in [-0.39, 0.29) is 29.4 Å². The fourth-order valence-corrected chi connectivity index (χ4v) is 4.13. The second kappa shape index (κ2) is 10.2. The molecule has 8 heteroatoms. The molecule has 2 N–H and O–H groups in total. The number of ether oxygens (including phenoxy) is 1. The van der Waals surface area contributed by atoms with Crippen molar-refractivity contribution in [1.29, 1.82) is 0 Å². The van der Waals surface area contributed by atoms with Gasteiger partial charge in [0, 0.05) is 11.0 Å². The van der Waals surface area contributed by atoms with Crippen LogP contribution in [0.25, 0.3) is 0 Å². The van der Waals surface area contributed by atoms with Crippen LogP contribution in [-0.2, 0) is 14.8 Å². The molecule has 158 valence electrons. The third-order valence-electron chi connectivity index (χ3n) is 4.24. The minimum absolute atomic E-state index is 0.153. The van der Waals surface area contributed by atoms with Crippen molar-refractivity contribution in [1.82, 2.24) is 10.0 Å². The van der Waals surface area contributed by atoms with Crippen LogP contribution in [0.3, 0.4) is 0 Å². The molecule has 0 aliphatic carbocycles. The molecule has 0 heterocycles. The van der Waals surface area contributed by atoms with Crippen LogP contribution in [0, 0.1) is 12.8 Å². The average Bonchev–Trinajstić information content (AvgIpc) is 2.66. The van der Waals surface area contributed by atoms with Crippen molar-refractivity contribution in [2.24, 2.45) is 5.92 Å². The van der Waals surface area contributed by atoms with Gasteiger partial charge in [-0.1, -0.05) is 41.9 Å². The van der Waals surface area contributed by atoms with Gasteiger partial charge in [0.1, 0.15) is 5.75 Å². The largest absolute Gasteiger partial charge is 0.484 e. The number of hydrogen-bond acceptors (Lipinski definition) is 4. The average molecular weight is 483 g/mol. The zero-order valence-electron chi connectivity index (χ0n) is 17.0. The summed E-state index contributed by atoms with van der Waals surface area (Å²) in [5.74, 6) is 0.432. The van der Waals surface area contributed by atoms with Gasteiger partial charge in [0.2, 0.25) is 10.0 Å². The molecule has 0 bridgehead atoms. The van der Waals surface area contributed by atoms with Crippen LogP contribution in [0.5, 0.6) is 5.75 Å². The van der Waals surface area contributed by atoms with Gasteiger partial charge in [0.05, 0.1) is 10.9 Å². The molecule has 1 unspecified atom stereocenters. The molecule has 1 atom stereocenters. The first-order valence-corrected chi connectivity index (χ1v) is 11.6.